The highest BCUT2D eigenvalue weighted by atomic mass is 16.6. The molecule has 2 bridgehead atoms. The second-order valence-electron chi connectivity index (χ2n) is 18.2. The van der Waals surface area contributed by atoms with Gasteiger partial charge < -0.3 is 44.2 Å². The van der Waals surface area contributed by atoms with E-state index in [0.29, 0.717) is 88.2 Å². The number of aromatic amines is 1. The minimum atomic E-state index is -2.41. The first-order valence-corrected chi connectivity index (χ1v) is 21.4. The topological polar surface area (TPSA) is 174 Å². The van der Waals surface area contributed by atoms with Crippen LogP contribution in [0.2, 0.25) is 0 Å². The van der Waals surface area contributed by atoms with Gasteiger partial charge in [0.1, 0.15) is 17.8 Å². The summed E-state index contributed by atoms with van der Waals surface area (Å²) in [6, 6.07) is 10.7. The molecule has 3 aromatic rings. The SMILES string of the molecule is CC[C@]1(O)CC2CN(CCc3c([nH]c4ccccc34)[C@@](C(=O)OC)(c3cc4c(cc3OC)N(C)C3C45CCN4CC=C[C@](CC)(C45)[C@@H](OC(=O)CO)[C@]3(O)C(=O)OC)C2)C1. The van der Waals surface area contributed by atoms with E-state index in [1.54, 1.807) is 7.11 Å². The highest BCUT2D eigenvalue weighted by Crippen LogP contribution is 2.68. The molecule has 3 fully saturated rings. The maximum absolute atomic E-state index is 15.3. The Bertz CT molecular complexity index is 2280. The van der Waals surface area contributed by atoms with Gasteiger partial charge in [-0.15, -0.1) is 0 Å². The van der Waals surface area contributed by atoms with Gasteiger partial charge in [0.15, 0.2) is 6.10 Å². The van der Waals surface area contributed by atoms with Gasteiger partial charge in [0.2, 0.25) is 5.60 Å². The molecule has 0 amide bonds. The van der Waals surface area contributed by atoms with E-state index in [1.807, 2.05) is 62.2 Å². The maximum Gasteiger partial charge on any atom is 0.344 e. The molecule has 14 nitrogen and oxygen atoms in total. The van der Waals surface area contributed by atoms with Crippen LogP contribution in [-0.4, -0.2) is 145 Å². The number of likely N-dealkylation sites (N-methyl/N-ethyl adjacent to an activating group) is 1. The van der Waals surface area contributed by atoms with Crippen molar-refractivity contribution < 1.29 is 48.7 Å². The second-order valence-corrected chi connectivity index (χ2v) is 18.2. The minimum absolute atomic E-state index is 0.119. The van der Waals surface area contributed by atoms with E-state index in [0.717, 1.165) is 27.7 Å². The zero-order valence-corrected chi connectivity index (χ0v) is 35.5. The van der Waals surface area contributed by atoms with Crippen molar-refractivity contribution >= 4 is 34.5 Å². The number of methoxy groups -OCH3 is 3. The summed E-state index contributed by atoms with van der Waals surface area (Å²) in [7, 11) is 6.03. The molecule has 6 heterocycles. The fourth-order valence-electron chi connectivity index (χ4n) is 13.5. The molecule has 4 N–H and O–H groups in total. The number of rotatable bonds is 8. The zero-order valence-electron chi connectivity index (χ0n) is 35.5. The lowest BCUT2D eigenvalue weighted by molar-refractivity contribution is -0.230. The van der Waals surface area contributed by atoms with Crippen LogP contribution in [0.5, 0.6) is 5.75 Å². The van der Waals surface area contributed by atoms with Crippen molar-refractivity contribution in [1.29, 1.82) is 0 Å². The van der Waals surface area contributed by atoms with Crippen LogP contribution in [0, 0.1) is 11.3 Å². The molecule has 2 saturated heterocycles. The van der Waals surface area contributed by atoms with Gasteiger partial charge >= 0.3 is 17.9 Å². The van der Waals surface area contributed by atoms with Crippen LogP contribution in [0.3, 0.4) is 0 Å². The molecular weight excluding hydrogens is 769 g/mol. The minimum Gasteiger partial charge on any atom is -0.496 e. The molecular formula is C46H58N4O10. The smallest absolute Gasteiger partial charge is 0.344 e. The summed E-state index contributed by atoms with van der Waals surface area (Å²) in [6.07, 6.45) is 5.47. The summed E-state index contributed by atoms with van der Waals surface area (Å²) in [6.45, 7) is 6.18. The molecule has 5 unspecified atom stereocenters. The number of piperidine rings is 1. The van der Waals surface area contributed by atoms with Gasteiger partial charge in [-0.1, -0.05) is 44.2 Å². The third-order valence-electron chi connectivity index (χ3n) is 15.7. The van der Waals surface area contributed by atoms with Crippen LogP contribution in [-0.2, 0) is 45.8 Å². The van der Waals surface area contributed by atoms with Crippen LogP contribution < -0.4 is 9.64 Å². The molecule has 1 aliphatic carbocycles. The Balaban J connectivity index is 1.36. The Morgan fingerprint density at radius 3 is 2.42 bits per heavy atom. The fourth-order valence-corrected chi connectivity index (χ4v) is 13.5. The van der Waals surface area contributed by atoms with Crippen LogP contribution in [0.25, 0.3) is 10.9 Å². The monoisotopic (exact) mass is 826 g/mol. The van der Waals surface area contributed by atoms with Gasteiger partial charge in [-0.05, 0) is 74.2 Å². The number of H-pyrrole nitrogens is 1. The average Bonchev–Trinajstić information content (AvgIpc) is 3.92. The first-order chi connectivity index (χ1) is 28.8. The summed E-state index contributed by atoms with van der Waals surface area (Å²) in [4.78, 5) is 53.2. The Kier molecular flexibility index (Phi) is 9.75. The van der Waals surface area contributed by atoms with Gasteiger partial charge in [-0.25, -0.2) is 9.59 Å². The normalized spacial score (nSPS) is 36.5. The molecule has 5 aliphatic heterocycles. The first-order valence-electron chi connectivity index (χ1n) is 21.4. The van der Waals surface area contributed by atoms with Crippen molar-refractivity contribution in [3.8, 4) is 5.75 Å². The molecule has 0 radical (unpaired) electrons. The van der Waals surface area contributed by atoms with E-state index in [1.165, 1.54) is 14.2 Å². The van der Waals surface area contributed by atoms with E-state index < -0.39 is 64.1 Å². The Labute approximate surface area is 350 Å². The molecule has 1 spiro atoms. The number of hydrogen-bond acceptors (Lipinski definition) is 13. The zero-order chi connectivity index (χ0) is 42.6. The quantitative estimate of drug-likeness (QED) is 0.149. The summed E-state index contributed by atoms with van der Waals surface area (Å²) in [5, 5.41) is 36.3. The number of anilines is 1. The lowest BCUT2D eigenvalue weighted by Gasteiger charge is -2.63. The van der Waals surface area contributed by atoms with Crippen molar-refractivity contribution in [1.82, 2.24) is 14.8 Å². The summed E-state index contributed by atoms with van der Waals surface area (Å²) < 4.78 is 23.8. The van der Waals surface area contributed by atoms with Gasteiger partial charge in [0.25, 0.3) is 0 Å². The van der Waals surface area contributed by atoms with Gasteiger partial charge in [-0.3, -0.25) is 14.6 Å². The van der Waals surface area contributed by atoms with Gasteiger partial charge in [0.05, 0.1) is 33.0 Å². The third-order valence-corrected chi connectivity index (χ3v) is 15.7. The lowest BCUT2D eigenvalue weighted by Crippen LogP contribution is -2.81. The average molecular weight is 827 g/mol. The number of aliphatic hydroxyl groups is 3. The Hall–Kier alpha value is -4.47. The van der Waals surface area contributed by atoms with Crippen molar-refractivity contribution in [2.45, 2.75) is 92.6 Å². The predicted molar refractivity (Wildman–Crippen MR) is 222 cm³/mol. The Morgan fingerprint density at radius 2 is 1.72 bits per heavy atom. The van der Waals surface area contributed by atoms with Crippen LogP contribution in [0.1, 0.15) is 68.3 Å². The molecule has 1 aromatic heterocycles. The summed E-state index contributed by atoms with van der Waals surface area (Å²) >= 11 is 0. The first kappa shape index (κ1) is 40.9. The molecule has 10 atom stereocenters. The third kappa shape index (κ3) is 5.26. The molecule has 6 aliphatic rings. The van der Waals surface area contributed by atoms with E-state index in [-0.39, 0.29) is 12.0 Å². The number of hydrogen-bond donors (Lipinski definition) is 4. The number of carbonyl (C=O) groups is 3. The van der Waals surface area contributed by atoms with Gasteiger partial charge in [0, 0.05) is 84.0 Å². The molecule has 14 heteroatoms. The van der Waals surface area contributed by atoms with Crippen molar-refractivity contribution in [2.75, 3.05) is 72.6 Å². The van der Waals surface area contributed by atoms with Crippen molar-refractivity contribution in [3.05, 3.63) is 70.9 Å². The number of nitrogens with one attached hydrogen (secondary N) is 1. The highest BCUT2D eigenvalue weighted by molar-refractivity contribution is 5.95. The van der Waals surface area contributed by atoms with Crippen LogP contribution in [0.4, 0.5) is 5.69 Å². The fraction of sp³-hybridized carbons (Fsp3) is 0.587. The number of nitrogens with zero attached hydrogens (tertiary/aromatic N) is 3. The van der Waals surface area contributed by atoms with Crippen molar-refractivity contribution in [3.63, 3.8) is 0 Å². The van der Waals surface area contributed by atoms with E-state index in [9.17, 15) is 24.9 Å². The molecule has 60 heavy (non-hydrogen) atoms. The number of fused-ring (bicyclic) bond motifs is 6. The maximum atomic E-state index is 15.3. The number of benzene rings is 2. The predicted octanol–water partition coefficient (Wildman–Crippen LogP) is 2.96. The van der Waals surface area contributed by atoms with Gasteiger partial charge in [-0.2, -0.15) is 0 Å². The number of para-hydroxylation sites is 1. The number of ether oxygens (including phenoxy) is 4. The van der Waals surface area contributed by atoms with Crippen molar-refractivity contribution in [2.24, 2.45) is 11.3 Å². The van der Waals surface area contributed by atoms with E-state index in [4.69, 9.17) is 18.9 Å². The standard InChI is InChI=1S/C46H58N4O10/c1-7-42(55)22-27-23-45(40(53)58-5,36-29(14-18-49(24-27)26-42)28-12-9-10-13-32(28)47-36)31-20-30-33(21-34(31)57-4)48(3)38-44(30)16-19-50-17-11-15-43(8-2,37(44)50)39(60-35(52)25-51)46(38,56)41(54)59-6/h9-13,15,20-21,27,37-39,47,51,55-56H,7-8,14,16-19,22-26H2,1-6H3/t27?,37?,38?,39-,42+,43-,44?,45+,46+/m1/s1. The second kappa shape index (κ2) is 14.3. The molecule has 322 valence electrons. The summed E-state index contributed by atoms with van der Waals surface area (Å²) in [5.74, 6) is -2.07. The number of aromatic nitrogens is 1. The molecule has 9 rings (SSSR count). The van der Waals surface area contributed by atoms with Crippen LogP contribution >= 0.6 is 0 Å². The Morgan fingerprint density at radius 1 is 0.950 bits per heavy atom. The highest BCUT2D eigenvalue weighted by Gasteiger charge is 2.80. The van der Waals surface area contributed by atoms with Crippen LogP contribution in [0.15, 0.2) is 48.6 Å². The number of esters is 3. The van der Waals surface area contributed by atoms with E-state index in [2.05, 4.69) is 26.9 Å². The molecule has 2 aromatic carbocycles. The largest absolute Gasteiger partial charge is 0.496 e. The lowest BCUT2D eigenvalue weighted by atomic mass is 9.47. The summed E-state index contributed by atoms with van der Waals surface area (Å²) in [5.41, 5.74) is -2.14. The molecule has 1 saturated carbocycles. The van der Waals surface area contributed by atoms with E-state index >= 15 is 4.79 Å². The number of aliphatic hydroxyl groups excluding tert-OH is 1. The number of carbonyl (C=O) groups excluding carboxylic acids is 3.